The molecule has 7 nitrogen and oxygen atoms in total. The number of rotatable bonds is 9. The van der Waals surface area contributed by atoms with Gasteiger partial charge >= 0.3 is 5.97 Å². The van der Waals surface area contributed by atoms with E-state index in [-0.39, 0.29) is 12.4 Å². The lowest BCUT2D eigenvalue weighted by Crippen LogP contribution is -2.24. The number of carbonyl (C=O) groups excluding carboxylic acids is 2. The van der Waals surface area contributed by atoms with Gasteiger partial charge in [-0.25, -0.2) is 10.2 Å². The molecule has 0 atom stereocenters. The maximum absolute atomic E-state index is 12.4. The summed E-state index contributed by atoms with van der Waals surface area (Å²) in [4.78, 5) is 24.3. The number of hydrazone groups is 1. The van der Waals surface area contributed by atoms with Gasteiger partial charge in [-0.05, 0) is 73.2 Å². The number of halogens is 2. The summed E-state index contributed by atoms with van der Waals surface area (Å²) >= 11 is 11.7. The van der Waals surface area contributed by atoms with Gasteiger partial charge < -0.3 is 14.2 Å². The van der Waals surface area contributed by atoms with E-state index in [2.05, 4.69) is 10.5 Å². The molecule has 9 heteroatoms. The number of ether oxygens (including phenoxy) is 3. The van der Waals surface area contributed by atoms with Crippen molar-refractivity contribution in [2.75, 3.05) is 13.2 Å². The molecule has 0 saturated carbocycles. The Bertz CT molecular complexity index is 1150. The first kappa shape index (κ1) is 24.1. The number of hydrogen-bond donors (Lipinski definition) is 1. The topological polar surface area (TPSA) is 86.2 Å². The van der Waals surface area contributed by atoms with Gasteiger partial charge in [-0.15, -0.1) is 0 Å². The molecule has 3 rings (SSSR count). The molecular formula is C24H20Cl2N2O5. The Morgan fingerprint density at radius 2 is 1.73 bits per heavy atom. The van der Waals surface area contributed by atoms with Crippen LogP contribution in [-0.4, -0.2) is 31.3 Å². The highest BCUT2D eigenvalue weighted by Gasteiger charge is 2.13. The number of nitrogens with zero attached hydrogens (tertiary/aromatic N) is 1. The van der Waals surface area contributed by atoms with Crippen LogP contribution in [0.1, 0.15) is 22.8 Å². The average molecular weight is 487 g/mol. The molecule has 0 unspecified atom stereocenters. The predicted molar refractivity (Wildman–Crippen MR) is 127 cm³/mol. The molecule has 0 aliphatic heterocycles. The molecule has 1 N–H and O–H groups in total. The number of carbonyl (C=O) groups is 2. The lowest BCUT2D eigenvalue weighted by atomic mass is 10.2. The van der Waals surface area contributed by atoms with Crippen LogP contribution in [-0.2, 0) is 4.79 Å². The third-order valence-electron chi connectivity index (χ3n) is 4.12. The number of nitrogens with one attached hydrogen (secondary N) is 1. The largest absolute Gasteiger partial charge is 0.490 e. The van der Waals surface area contributed by atoms with Crippen molar-refractivity contribution in [3.63, 3.8) is 0 Å². The van der Waals surface area contributed by atoms with Gasteiger partial charge in [0.1, 0.15) is 5.75 Å². The van der Waals surface area contributed by atoms with Gasteiger partial charge in [0.05, 0.1) is 18.4 Å². The number of esters is 1. The van der Waals surface area contributed by atoms with Crippen molar-refractivity contribution in [1.29, 1.82) is 0 Å². The summed E-state index contributed by atoms with van der Waals surface area (Å²) in [5.41, 5.74) is 3.36. The summed E-state index contributed by atoms with van der Waals surface area (Å²) in [6.45, 7) is 1.96. The molecule has 0 saturated heterocycles. The van der Waals surface area contributed by atoms with E-state index in [0.29, 0.717) is 39.3 Å². The lowest BCUT2D eigenvalue weighted by Gasteiger charge is -2.11. The van der Waals surface area contributed by atoms with Crippen molar-refractivity contribution in [3.8, 4) is 17.2 Å². The van der Waals surface area contributed by atoms with Gasteiger partial charge in [-0.1, -0.05) is 29.3 Å². The predicted octanol–water partition coefficient (Wildman–Crippen LogP) is 5.14. The van der Waals surface area contributed by atoms with Crippen LogP contribution in [0.4, 0.5) is 0 Å². The average Bonchev–Trinajstić information content (AvgIpc) is 2.80. The number of hydrogen-bond acceptors (Lipinski definition) is 6. The molecule has 0 heterocycles. The molecule has 0 aliphatic rings. The molecular weight excluding hydrogens is 467 g/mol. The quantitative estimate of drug-likeness (QED) is 0.196. The zero-order valence-corrected chi connectivity index (χ0v) is 19.1. The minimum atomic E-state index is -0.541. The maximum Gasteiger partial charge on any atom is 0.343 e. The lowest BCUT2D eigenvalue weighted by molar-refractivity contribution is -0.123. The fourth-order valence-electron chi connectivity index (χ4n) is 2.62. The van der Waals surface area contributed by atoms with E-state index in [1.165, 1.54) is 6.21 Å². The summed E-state index contributed by atoms with van der Waals surface area (Å²) in [6.07, 6.45) is 1.44. The molecule has 3 aromatic rings. The van der Waals surface area contributed by atoms with Gasteiger partial charge in [-0.2, -0.15) is 5.10 Å². The van der Waals surface area contributed by atoms with Crippen molar-refractivity contribution in [1.82, 2.24) is 5.43 Å². The van der Waals surface area contributed by atoms with Crippen LogP contribution in [0.2, 0.25) is 10.0 Å². The van der Waals surface area contributed by atoms with Crippen LogP contribution in [0.25, 0.3) is 0 Å². The fraction of sp³-hybridized carbons (Fsp3) is 0.125. The van der Waals surface area contributed by atoms with Crippen molar-refractivity contribution in [3.05, 3.63) is 87.9 Å². The fourth-order valence-corrected chi connectivity index (χ4v) is 2.93. The Morgan fingerprint density at radius 1 is 0.939 bits per heavy atom. The Labute approximate surface area is 200 Å². The Hall–Kier alpha value is -3.55. The highest BCUT2D eigenvalue weighted by Crippen LogP contribution is 2.29. The Morgan fingerprint density at radius 3 is 2.45 bits per heavy atom. The van der Waals surface area contributed by atoms with Crippen LogP contribution in [0.3, 0.4) is 0 Å². The minimum Gasteiger partial charge on any atom is -0.490 e. The second kappa shape index (κ2) is 11.9. The summed E-state index contributed by atoms with van der Waals surface area (Å²) < 4.78 is 16.4. The van der Waals surface area contributed by atoms with E-state index < -0.39 is 11.9 Å². The zero-order chi connectivity index (χ0) is 23.6. The molecule has 0 fully saturated rings. The van der Waals surface area contributed by atoms with Crippen molar-refractivity contribution < 1.29 is 23.8 Å². The van der Waals surface area contributed by atoms with Gasteiger partial charge in [0.2, 0.25) is 0 Å². The van der Waals surface area contributed by atoms with Gasteiger partial charge in [0, 0.05) is 10.0 Å². The van der Waals surface area contributed by atoms with Crippen molar-refractivity contribution in [2.24, 2.45) is 5.10 Å². The van der Waals surface area contributed by atoms with E-state index in [9.17, 15) is 9.59 Å². The second-order valence-electron chi connectivity index (χ2n) is 6.57. The summed E-state index contributed by atoms with van der Waals surface area (Å²) in [7, 11) is 0. The minimum absolute atomic E-state index is 0.221. The first-order valence-corrected chi connectivity index (χ1v) is 10.6. The van der Waals surface area contributed by atoms with Gasteiger partial charge in [0.25, 0.3) is 5.91 Å². The molecule has 0 aromatic heterocycles. The van der Waals surface area contributed by atoms with Crippen LogP contribution in [0, 0.1) is 0 Å². The summed E-state index contributed by atoms with van der Waals surface area (Å²) in [5.74, 6) is 0.116. The highest BCUT2D eigenvalue weighted by molar-refractivity contribution is 6.31. The molecule has 170 valence electrons. The molecule has 33 heavy (non-hydrogen) atoms. The highest BCUT2D eigenvalue weighted by atomic mass is 35.5. The monoisotopic (exact) mass is 486 g/mol. The Balaban J connectivity index is 1.59. The number of benzene rings is 3. The molecule has 0 aliphatic carbocycles. The first-order valence-electron chi connectivity index (χ1n) is 9.89. The number of amides is 1. The van der Waals surface area contributed by atoms with Crippen LogP contribution in [0.15, 0.2) is 71.8 Å². The normalized spacial score (nSPS) is 10.6. The maximum atomic E-state index is 12.4. The third-order valence-corrected chi connectivity index (χ3v) is 4.61. The standard InChI is InChI=1S/C24H20Cl2N2O5/c1-2-31-22-12-16(6-11-21(22)33-24(30)17-7-9-18(25)10-8-17)14-27-28-23(29)15-32-20-5-3-4-19(26)13-20/h3-14H,2,15H2,1H3,(H,28,29)/b27-14-. The van der Waals surface area contributed by atoms with Gasteiger partial charge in [0.15, 0.2) is 18.1 Å². The van der Waals surface area contributed by atoms with E-state index in [0.717, 1.165) is 0 Å². The van der Waals surface area contributed by atoms with Crippen LogP contribution < -0.4 is 19.6 Å². The van der Waals surface area contributed by atoms with E-state index in [1.54, 1.807) is 66.7 Å². The molecule has 1 amide bonds. The van der Waals surface area contributed by atoms with Gasteiger partial charge in [-0.3, -0.25) is 4.79 Å². The summed E-state index contributed by atoms with van der Waals surface area (Å²) in [6, 6.07) is 18.0. The molecule has 0 bridgehead atoms. The van der Waals surface area contributed by atoms with E-state index in [4.69, 9.17) is 37.4 Å². The van der Waals surface area contributed by atoms with Crippen LogP contribution >= 0.6 is 23.2 Å². The van der Waals surface area contributed by atoms with E-state index >= 15 is 0 Å². The van der Waals surface area contributed by atoms with Crippen molar-refractivity contribution in [2.45, 2.75) is 6.92 Å². The molecule has 0 spiro atoms. The molecule has 0 radical (unpaired) electrons. The van der Waals surface area contributed by atoms with Crippen molar-refractivity contribution >= 4 is 41.3 Å². The zero-order valence-electron chi connectivity index (χ0n) is 17.6. The SMILES string of the molecule is CCOc1cc(/C=N\NC(=O)COc2cccc(Cl)c2)ccc1OC(=O)c1ccc(Cl)cc1. The van der Waals surface area contributed by atoms with E-state index in [1.807, 2.05) is 6.92 Å². The van der Waals surface area contributed by atoms with Crippen LogP contribution in [0.5, 0.6) is 17.2 Å². The third kappa shape index (κ3) is 7.52. The molecule has 3 aromatic carbocycles. The summed E-state index contributed by atoms with van der Waals surface area (Å²) in [5, 5.41) is 4.95. The Kier molecular flexibility index (Phi) is 8.69. The second-order valence-corrected chi connectivity index (χ2v) is 7.45. The smallest absolute Gasteiger partial charge is 0.343 e. The first-order chi connectivity index (χ1) is 15.9.